The van der Waals surface area contributed by atoms with E-state index in [1.807, 2.05) is 0 Å². The Morgan fingerprint density at radius 3 is 2.65 bits per heavy atom. The first-order valence-corrected chi connectivity index (χ1v) is 7.85. The topological polar surface area (TPSA) is 21.3 Å². The monoisotopic (exact) mass is 277 g/mol. The van der Waals surface area contributed by atoms with Gasteiger partial charge >= 0.3 is 0 Å². The van der Waals surface area contributed by atoms with Gasteiger partial charge in [0.25, 0.3) is 0 Å². The van der Waals surface area contributed by atoms with Crippen molar-refractivity contribution in [3.05, 3.63) is 11.1 Å². The third-order valence-corrected chi connectivity index (χ3v) is 4.39. The molecule has 0 saturated heterocycles. The molecule has 2 heteroatoms. The molecule has 1 rings (SSSR count). The molecule has 0 aliphatic heterocycles. The van der Waals surface area contributed by atoms with Gasteiger partial charge in [0.05, 0.1) is 19.3 Å². The molecule has 0 amide bonds. The Morgan fingerprint density at radius 2 is 2.10 bits per heavy atom. The summed E-state index contributed by atoms with van der Waals surface area (Å²) in [6.07, 6.45) is 9.31. The second kappa shape index (κ2) is 7.86. The van der Waals surface area contributed by atoms with E-state index in [4.69, 9.17) is 11.2 Å². The van der Waals surface area contributed by atoms with Crippen LogP contribution in [0.1, 0.15) is 53.9 Å². The lowest BCUT2D eigenvalue weighted by Crippen LogP contribution is -2.35. The first-order chi connectivity index (χ1) is 9.38. The lowest BCUT2D eigenvalue weighted by atomic mass is 9.73. The van der Waals surface area contributed by atoms with Crippen molar-refractivity contribution in [2.75, 3.05) is 19.8 Å². The fourth-order valence-electron chi connectivity index (χ4n) is 2.94. The van der Waals surface area contributed by atoms with Gasteiger partial charge in [-0.25, -0.2) is 0 Å². The second-order valence-electron chi connectivity index (χ2n) is 6.89. The SMILES string of the molecule is C#CC(NCCOCC1=C(C)CCCC1(C)C)C(C)C. The predicted octanol–water partition coefficient (Wildman–Crippen LogP) is 3.78. The van der Waals surface area contributed by atoms with Crippen LogP contribution in [0.25, 0.3) is 0 Å². The molecule has 0 bridgehead atoms. The van der Waals surface area contributed by atoms with Crippen molar-refractivity contribution in [3.8, 4) is 12.3 Å². The van der Waals surface area contributed by atoms with E-state index in [9.17, 15) is 0 Å². The molecule has 114 valence electrons. The third kappa shape index (κ3) is 4.96. The molecule has 1 N–H and O–H groups in total. The highest BCUT2D eigenvalue weighted by molar-refractivity contribution is 5.22. The number of ether oxygens (including phenoxy) is 1. The van der Waals surface area contributed by atoms with E-state index >= 15 is 0 Å². The van der Waals surface area contributed by atoms with Gasteiger partial charge in [0, 0.05) is 6.54 Å². The van der Waals surface area contributed by atoms with Gasteiger partial charge in [-0.2, -0.15) is 0 Å². The Kier molecular flexibility index (Phi) is 6.79. The average Bonchev–Trinajstić information content (AvgIpc) is 2.35. The maximum atomic E-state index is 5.86. The van der Waals surface area contributed by atoms with Crippen LogP contribution in [0, 0.1) is 23.7 Å². The van der Waals surface area contributed by atoms with Gasteiger partial charge in [-0.15, -0.1) is 6.42 Å². The highest BCUT2D eigenvalue weighted by Crippen LogP contribution is 2.39. The minimum absolute atomic E-state index is 0.144. The first kappa shape index (κ1) is 17.3. The molecule has 1 atom stereocenters. The molecule has 1 aliphatic rings. The van der Waals surface area contributed by atoms with Crippen LogP contribution in [0.4, 0.5) is 0 Å². The number of hydrogen-bond acceptors (Lipinski definition) is 2. The Bertz CT molecular complexity index is 373. The quantitative estimate of drug-likeness (QED) is 0.434. The van der Waals surface area contributed by atoms with Crippen LogP contribution in [0.5, 0.6) is 0 Å². The normalized spacial score (nSPS) is 20.1. The maximum absolute atomic E-state index is 5.86. The average molecular weight is 277 g/mol. The van der Waals surface area contributed by atoms with Crippen molar-refractivity contribution in [2.45, 2.75) is 59.9 Å². The van der Waals surface area contributed by atoms with E-state index in [-0.39, 0.29) is 6.04 Å². The Morgan fingerprint density at radius 1 is 1.40 bits per heavy atom. The van der Waals surface area contributed by atoms with E-state index in [1.54, 1.807) is 0 Å². The number of hydrogen-bond donors (Lipinski definition) is 1. The van der Waals surface area contributed by atoms with Gasteiger partial charge < -0.3 is 10.1 Å². The summed E-state index contributed by atoms with van der Waals surface area (Å²) in [4.78, 5) is 0. The summed E-state index contributed by atoms with van der Waals surface area (Å²) < 4.78 is 5.86. The van der Waals surface area contributed by atoms with Gasteiger partial charge in [-0.3, -0.25) is 0 Å². The predicted molar refractivity (Wildman–Crippen MR) is 86.6 cm³/mol. The van der Waals surface area contributed by atoms with Crippen molar-refractivity contribution in [1.82, 2.24) is 5.32 Å². The van der Waals surface area contributed by atoms with E-state index in [0.29, 0.717) is 11.3 Å². The lowest BCUT2D eigenvalue weighted by molar-refractivity contribution is 0.136. The molecule has 0 aromatic heterocycles. The summed E-state index contributed by atoms with van der Waals surface area (Å²) in [5.74, 6) is 3.25. The zero-order valence-electron chi connectivity index (χ0n) is 13.9. The third-order valence-electron chi connectivity index (χ3n) is 4.39. The van der Waals surface area contributed by atoms with Crippen molar-refractivity contribution >= 4 is 0 Å². The highest BCUT2D eigenvalue weighted by atomic mass is 16.5. The molecule has 0 saturated carbocycles. The zero-order chi connectivity index (χ0) is 15.2. The molecular formula is C18H31NO. The summed E-state index contributed by atoms with van der Waals surface area (Å²) in [5.41, 5.74) is 3.33. The van der Waals surface area contributed by atoms with Crippen LogP contribution in [-0.4, -0.2) is 25.8 Å². The van der Waals surface area contributed by atoms with Crippen LogP contribution in [0.3, 0.4) is 0 Å². The van der Waals surface area contributed by atoms with Gasteiger partial charge in [0.15, 0.2) is 0 Å². The molecule has 0 spiro atoms. The van der Waals surface area contributed by atoms with E-state index in [0.717, 1.165) is 19.8 Å². The minimum Gasteiger partial charge on any atom is -0.376 e. The summed E-state index contributed by atoms with van der Waals surface area (Å²) in [5, 5.41) is 3.36. The Hall–Kier alpha value is -0.780. The van der Waals surface area contributed by atoms with Crippen molar-refractivity contribution in [1.29, 1.82) is 0 Å². The summed E-state index contributed by atoms with van der Waals surface area (Å²) >= 11 is 0. The fraction of sp³-hybridized carbons (Fsp3) is 0.778. The van der Waals surface area contributed by atoms with Gasteiger partial charge in [-0.05, 0) is 43.1 Å². The fourth-order valence-corrected chi connectivity index (χ4v) is 2.94. The standard InChI is InChI=1S/C18H31NO/c1-7-17(14(2)3)19-11-12-20-13-16-15(4)9-8-10-18(16,5)6/h1,14,17,19H,8-13H2,2-6H3. The largest absolute Gasteiger partial charge is 0.376 e. The van der Waals surface area contributed by atoms with E-state index < -0.39 is 0 Å². The summed E-state index contributed by atoms with van der Waals surface area (Å²) in [6.45, 7) is 13.5. The van der Waals surface area contributed by atoms with E-state index in [1.165, 1.54) is 30.4 Å². The lowest BCUT2D eigenvalue weighted by Gasteiger charge is -2.34. The van der Waals surface area contributed by atoms with E-state index in [2.05, 4.69) is 45.9 Å². The molecule has 1 unspecified atom stereocenters. The summed E-state index contributed by atoms with van der Waals surface area (Å²) in [6, 6.07) is 0.144. The molecule has 0 radical (unpaired) electrons. The minimum atomic E-state index is 0.144. The molecular weight excluding hydrogens is 246 g/mol. The molecule has 1 aliphatic carbocycles. The number of nitrogens with one attached hydrogen (secondary N) is 1. The Balaban J connectivity index is 2.33. The van der Waals surface area contributed by atoms with Crippen molar-refractivity contribution in [2.24, 2.45) is 11.3 Å². The van der Waals surface area contributed by atoms with Crippen LogP contribution in [0.2, 0.25) is 0 Å². The Labute approximate surface area is 125 Å². The first-order valence-electron chi connectivity index (χ1n) is 7.85. The van der Waals surface area contributed by atoms with Crippen molar-refractivity contribution < 1.29 is 4.74 Å². The van der Waals surface area contributed by atoms with Crippen LogP contribution in [0.15, 0.2) is 11.1 Å². The van der Waals surface area contributed by atoms with Gasteiger partial charge in [-0.1, -0.05) is 39.2 Å². The molecule has 0 aromatic rings. The molecule has 0 aromatic carbocycles. The van der Waals surface area contributed by atoms with Crippen LogP contribution in [-0.2, 0) is 4.74 Å². The van der Waals surface area contributed by atoms with Crippen LogP contribution < -0.4 is 5.32 Å². The smallest absolute Gasteiger partial charge is 0.0710 e. The zero-order valence-corrected chi connectivity index (χ0v) is 13.9. The second-order valence-corrected chi connectivity index (χ2v) is 6.89. The number of terminal acetylenes is 1. The number of allylic oxidation sites excluding steroid dienone is 1. The van der Waals surface area contributed by atoms with Crippen molar-refractivity contribution in [3.63, 3.8) is 0 Å². The number of rotatable bonds is 7. The molecule has 2 nitrogen and oxygen atoms in total. The molecule has 0 heterocycles. The maximum Gasteiger partial charge on any atom is 0.0710 e. The highest BCUT2D eigenvalue weighted by Gasteiger charge is 2.28. The molecule has 20 heavy (non-hydrogen) atoms. The van der Waals surface area contributed by atoms with Gasteiger partial charge in [0.1, 0.15) is 0 Å². The van der Waals surface area contributed by atoms with Gasteiger partial charge in [0.2, 0.25) is 0 Å². The summed E-state index contributed by atoms with van der Waals surface area (Å²) in [7, 11) is 0. The molecule has 0 fully saturated rings. The van der Waals surface area contributed by atoms with Crippen LogP contribution >= 0.6 is 0 Å².